The van der Waals surface area contributed by atoms with Crippen LogP contribution in [0.1, 0.15) is 22.2 Å². The number of rotatable bonds is 6. The number of thiophene rings is 1. The van der Waals surface area contributed by atoms with Crippen molar-refractivity contribution < 1.29 is 14.4 Å². The number of hydrogen-bond donors (Lipinski definition) is 2. The Hall–Kier alpha value is -2.67. The molecular weight excluding hydrogens is 302 g/mol. The highest BCUT2D eigenvalue weighted by Crippen LogP contribution is 2.10. The minimum atomic E-state index is -0.363. The quantitative estimate of drug-likeness (QED) is 0.370. The first kappa shape index (κ1) is 15.7. The summed E-state index contributed by atoms with van der Waals surface area (Å²) in [7, 11) is 0. The molecule has 114 valence electrons. The lowest BCUT2D eigenvalue weighted by molar-refractivity contribution is -0.120. The fraction of sp³-hybridized carbons (Fsp3) is 0.133. The molecule has 0 bridgehead atoms. The number of nitrogens with zero attached hydrogens (tertiary/aromatic N) is 1. The Morgan fingerprint density at radius 3 is 2.59 bits per heavy atom. The Labute approximate surface area is 131 Å². The zero-order chi connectivity index (χ0) is 15.9. The van der Waals surface area contributed by atoms with Crippen LogP contribution < -0.4 is 11.1 Å². The van der Waals surface area contributed by atoms with E-state index < -0.39 is 0 Å². The minimum Gasteiger partial charge on any atom is -0.384 e. The monoisotopic (exact) mass is 317 g/mol. The van der Waals surface area contributed by atoms with Crippen LogP contribution in [0.15, 0.2) is 46.9 Å². The highest BCUT2D eigenvalue weighted by atomic mass is 32.1. The third-order valence-electron chi connectivity index (χ3n) is 2.71. The van der Waals surface area contributed by atoms with Crippen molar-refractivity contribution in [2.24, 2.45) is 10.9 Å². The molecule has 7 heteroatoms. The number of anilines is 1. The highest BCUT2D eigenvalue weighted by molar-refractivity contribution is 7.12. The molecule has 1 aromatic heterocycles. The van der Waals surface area contributed by atoms with E-state index in [0.717, 1.165) is 4.88 Å². The summed E-state index contributed by atoms with van der Waals surface area (Å²) in [5.41, 5.74) is 6.86. The molecule has 2 rings (SSSR count). The maximum atomic E-state index is 11.7. The van der Waals surface area contributed by atoms with Gasteiger partial charge in [-0.1, -0.05) is 11.2 Å². The summed E-state index contributed by atoms with van der Waals surface area (Å²) in [5.74, 6) is -0.161. The van der Waals surface area contributed by atoms with Crippen molar-refractivity contribution in [3.8, 4) is 0 Å². The lowest BCUT2D eigenvalue weighted by Crippen LogP contribution is -2.19. The summed E-state index contributed by atoms with van der Waals surface area (Å²) in [6.07, 6.45) is 0. The van der Waals surface area contributed by atoms with E-state index in [1.807, 2.05) is 17.5 Å². The number of ketones is 1. The van der Waals surface area contributed by atoms with Crippen LogP contribution in [0.4, 0.5) is 5.69 Å². The molecule has 0 aliphatic rings. The van der Waals surface area contributed by atoms with Gasteiger partial charge in [0.1, 0.15) is 0 Å². The largest absolute Gasteiger partial charge is 0.384 e. The van der Waals surface area contributed by atoms with Gasteiger partial charge < -0.3 is 15.9 Å². The standard InChI is InChI=1S/C15H15N3O3S/c1-10(19)11-4-6-12(7-5-11)17-14(20)9-21-18-15(16)13-3-2-8-22-13/h2-8H,9H2,1H3,(H2,16,18)(H,17,20). The zero-order valence-corrected chi connectivity index (χ0v) is 12.7. The van der Waals surface area contributed by atoms with Gasteiger partial charge >= 0.3 is 0 Å². The van der Waals surface area contributed by atoms with Gasteiger partial charge in [0.25, 0.3) is 5.91 Å². The molecule has 1 aromatic carbocycles. The normalized spacial score (nSPS) is 11.0. The maximum absolute atomic E-state index is 11.7. The first-order valence-electron chi connectivity index (χ1n) is 6.46. The van der Waals surface area contributed by atoms with Crippen molar-refractivity contribution in [3.63, 3.8) is 0 Å². The van der Waals surface area contributed by atoms with Crippen LogP contribution in [-0.2, 0) is 9.63 Å². The predicted octanol–water partition coefficient (Wildman–Crippen LogP) is 2.23. The van der Waals surface area contributed by atoms with Gasteiger partial charge in [-0.15, -0.1) is 11.3 Å². The Balaban J connectivity index is 1.83. The fourth-order valence-electron chi connectivity index (χ4n) is 1.62. The molecule has 0 saturated heterocycles. The number of carbonyl (C=O) groups is 2. The van der Waals surface area contributed by atoms with Crippen LogP contribution in [-0.4, -0.2) is 24.1 Å². The molecular formula is C15H15N3O3S. The number of carbonyl (C=O) groups excluding carboxylic acids is 2. The summed E-state index contributed by atoms with van der Waals surface area (Å²) in [6, 6.07) is 10.2. The number of oxime groups is 1. The van der Waals surface area contributed by atoms with Crippen molar-refractivity contribution >= 4 is 34.6 Å². The Kier molecular flexibility index (Phi) is 5.26. The van der Waals surface area contributed by atoms with E-state index in [9.17, 15) is 9.59 Å². The number of amides is 1. The Bertz CT molecular complexity index is 679. The molecule has 0 spiro atoms. The van der Waals surface area contributed by atoms with Crippen molar-refractivity contribution in [1.82, 2.24) is 0 Å². The molecule has 0 atom stereocenters. The van der Waals surface area contributed by atoms with E-state index in [0.29, 0.717) is 11.3 Å². The average molecular weight is 317 g/mol. The Morgan fingerprint density at radius 2 is 2.00 bits per heavy atom. The second-order valence-corrected chi connectivity index (χ2v) is 5.36. The molecule has 0 saturated carbocycles. The summed E-state index contributed by atoms with van der Waals surface area (Å²) in [6.45, 7) is 1.23. The molecule has 3 N–H and O–H groups in total. The van der Waals surface area contributed by atoms with Crippen LogP contribution in [0, 0.1) is 0 Å². The average Bonchev–Trinajstić information content (AvgIpc) is 3.02. The third kappa shape index (κ3) is 4.42. The maximum Gasteiger partial charge on any atom is 0.265 e. The summed E-state index contributed by atoms with van der Waals surface area (Å²) in [4.78, 5) is 28.5. The van der Waals surface area contributed by atoms with Crippen molar-refractivity contribution in [2.75, 3.05) is 11.9 Å². The van der Waals surface area contributed by atoms with Crippen LogP contribution >= 0.6 is 11.3 Å². The first-order valence-corrected chi connectivity index (χ1v) is 7.34. The van der Waals surface area contributed by atoms with Gasteiger partial charge in [0.2, 0.25) is 0 Å². The van der Waals surface area contributed by atoms with E-state index >= 15 is 0 Å². The van der Waals surface area contributed by atoms with Gasteiger partial charge in [-0.05, 0) is 42.6 Å². The summed E-state index contributed by atoms with van der Waals surface area (Å²) >= 11 is 1.43. The number of nitrogens with two attached hydrogens (primary N) is 1. The smallest absolute Gasteiger partial charge is 0.265 e. The second-order valence-electron chi connectivity index (χ2n) is 4.41. The number of amidine groups is 1. The molecule has 1 amide bonds. The summed E-state index contributed by atoms with van der Waals surface area (Å²) in [5, 5.41) is 8.19. The third-order valence-corrected chi connectivity index (χ3v) is 3.60. The SMILES string of the molecule is CC(=O)c1ccc(NC(=O)CO/N=C(/N)c2cccs2)cc1. The Morgan fingerprint density at radius 1 is 1.27 bits per heavy atom. The summed E-state index contributed by atoms with van der Waals surface area (Å²) < 4.78 is 0. The van der Waals surface area contributed by atoms with Crippen LogP contribution in [0.25, 0.3) is 0 Å². The van der Waals surface area contributed by atoms with Gasteiger partial charge in [0, 0.05) is 11.3 Å². The van der Waals surface area contributed by atoms with Crippen LogP contribution in [0.2, 0.25) is 0 Å². The van der Waals surface area contributed by atoms with E-state index in [1.54, 1.807) is 24.3 Å². The lowest BCUT2D eigenvalue weighted by atomic mass is 10.1. The molecule has 6 nitrogen and oxygen atoms in total. The highest BCUT2D eigenvalue weighted by Gasteiger charge is 2.05. The number of hydrogen-bond acceptors (Lipinski definition) is 5. The molecule has 0 aliphatic carbocycles. The molecule has 22 heavy (non-hydrogen) atoms. The minimum absolute atomic E-state index is 0.0281. The fourth-order valence-corrected chi connectivity index (χ4v) is 2.23. The topological polar surface area (TPSA) is 93.8 Å². The molecule has 0 fully saturated rings. The first-order chi connectivity index (χ1) is 10.6. The number of nitrogens with one attached hydrogen (secondary N) is 1. The molecule has 0 aliphatic heterocycles. The molecule has 2 aromatic rings. The van der Waals surface area contributed by atoms with Gasteiger partial charge in [-0.25, -0.2) is 0 Å². The number of benzene rings is 1. The van der Waals surface area contributed by atoms with Crippen LogP contribution in [0.5, 0.6) is 0 Å². The molecule has 0 unspecified atom stereocenters. The van der Waals surface area contributed by atoms with Crippen LogP contribution in [0.3, 0.4) is 0 Å². The predicted molar refractivity (Wildman–Crippen MR) is 86.1 cm³/mol. The van der Waals surface area contributed by atoms with E-state index in [4.69, 9.17) is 10.6 Å². The van der Waals surface area contributed by atoms with Gasteiger partial charge in [0.05, 0.1) is 4.88 Å². The zero-order valence-electron chi connectivity index (χ0n) is 11.9. The molecule has 1 heterocycles. The van der Waals surface area contributed by atoms with Crippen molar-refractivity contribution in [3.05, 3.63) is 52.2 Å². The van der Waals surface area contributed by atoms with Gasteiger partial charge in [-0.3, -0.25) is 9.59 Å². The van der Waals surface area contributed by atoms with Crippen molar-refractivity contribution in [1.29, 1.82) is 0 Å². The molecule has 0 radical (unpaired) electrons. The van der Waals surface area contributed by atoms with Gasteiger partial charge in [0.15, 0.2) is 18.2 Å². The van der Waals surface area contributed by atoms with Gasteiger partial charge in [-0.2, -0.15) is 0 Å². The lowest BCUT2D eigenvalue weighted by Gasteiger charge is -2.05. The van der Waals surface area contributed by atoms with Crippen molar-refractivity contribution in [2.45, 2.75) is 6.92 Å². The van der Waals surface area contributed by atoms with E-state index in [2.05, 4.69) is 10.5 Å². The second kappa shape index (κ2) is 7.37. The van der Waals surface area contributed by atoms with E-state index in [1.165, 1.54) is 18.3 Å². The van der Waals surface area contributed by atoms with E-state index in [-0.39, 0.29) is 24.1 Å². The number of Topliss-reactive ketones (excluding diaryl/α,β-unsaturated/α-hetero) is 1.